The molecule has 0 aliphatic carbocycles. The molecule has 4 aromatic rings. The summed E-state index contributed by atoms with van der Waals surface area (Å²) in [5.41, 5.74) is 6.50. The number of hydrogen-bond donors (Lipinski definition) is 1. The number of nitrogens with zero attached hydrogens (tertiary/aromatic N) is 1. The Balaban J connectivity index is 1.57. The number of nitrogens with one attached hydrogen (secondary N) is 1. The van der Waals surface area contributed by atoms with Gasteiger partial charge in [-0.05, 0) is 42.3 Å². The van der Waals surface area contributed by atoms with Crippen LogP contribution in [0.5, 0.6) is 0 Å². The van der Waals surface area contributed by atoms with Gasteiger partial charge in [0.2, 0.25) is 0 Å². The van der Waals surface area contributed by atoms with E-state index < -0.39 is 0 Å². The summed E-state index contributed by atoms with van der Waals surface area (Å²) in [7, 11) is 0. The van der Waals surface area contributed by atoms with Gasteiger partial charge in [-0.15, -0.1) is 0 Å². The first-order chi connectivity index (χ1) is 13.1. The molecule has 0 spiro atoms. The van der Waals surface area contributed by atoms with Crippen molar-refractivity contribution in [3.63, 3.8) is 0 Å². The lowest BCUT2D eigenvalue weighted by atomic mass is 10.0. The highest BCUT2D eigenvalue weighted by atomic mass is 35.5. The molecule has 0 fully saturated rings. The third-order valence-electron chi connectivity index (χ3n) is 4.56. The lowest BCUT2D eigenvalue weighted by Gasteiger charge is -2.08. The van der Waals surface area contributed by atoms with Crippen LogP contribution in [0.1, 0.15) is 16.7 Å². The molecule has 0 amide bonds. The molecule has 0 bridgehead atoms. The molecule has 2 nitrogen and oxygen atoms in total. The van der Waals surface area contributed by atoms with Crippen LogP contribution in [0, 0.1) is 6.92 Å². The summed E-state index contributed by atoms with van der Waals surface area (Å²) in [4.78, 5) is 9.03. The number of aromatic nitrogens is 2. The van der Waals surface area contributed by atoms with Crippen molar-refractivity contribution in [1.29, 1.82) is 0 Å². The van der Waals surface area contributed by atoms with Crippen LogP contribution < -0.4 is 0 Å². The Morgan fingerprint density at radius 1 is 0.963 bits per heavy atom. The van der Waals surface area contributed by atoms with Crippen molar-refractivity contribution in [3.8, 4) is 11.4 Å². The zero-order chi connectivity index (χ0) is 18.8. The van der Waals surface area contributed by atoms with Crippen molar-refractivity contribution in [1.82, 2.24) is 9.97 Å². The SMILES string of the molecule is Cc1cccc(CC(=S)Cc2ccc(Cl)c(-c3nc4ccccc4[nH]3)c2)c1. The van der Waals surface area contributed by atoms with Crippen LogP contribution in [0.3, 0.4) is 0 Å². The van der Waals surface area contributed by atoms with Crippen LogP contribution in [0.4, 0.5) is 0 Å². The molecule has 1 heterocycles. The average Bonchev–Trinajstić information content (AvgIpc) is 3.07. The molecule has 0 atom stereocenters. The Kier molecular flexibility index (Phi) is 5.06. The van der Waals surface area contributed by atoms with E-state index in [0.29, 0.717) is 5.02 Å². The number of fused-ring (bicyclic) bond motifs is 1. The number of halogens is 1. The average molecular weight is 391 g/mol. The number of aryl methyl sites for hydroxylation is 1. The lowest BCUT2D eigenvalue weighted by molar-refractivity contribution is 1.24. The van der Waals surface area contributed by atoms with Gasteiger partial charge in [0.25, 0.3) is 0 Å². The topological polar surface area (TPSA) is 28.7 Å². The minimum absolute atomic E-state index is 0.683. The number of rotatable bonds is 5. The van der Waals surface area contributed by atoms with Crippen molar-refractivity contribution >= 4 is 39.7 Å². The van der Waals surface area contributed by atoms with Gasteiger partial charge in [-0.1, -0.05) is 71.8 Å². The van der Waals surface area contributed by atoms with E-state index in [1.165, 1.54) is 11.1 Å². The Bertz CT molecular complexity index is 1100. The second-order valence-corrected chi connectivity index (χ2v) is 7.78. The monoisotopic (exact) mass is 390 g/mol. The normalized spacial score (nSPS) is 11.0. The molecular weight excluding hydrogens is 372 g/mol. The maximum absolute atomic E-state index is 6.45. The minimum atomic E-state index is 0.683. The highest BCUT2D eigenvalue weighted by Crippen LogP contribution is 2.29. The Morgan fingerprint density at radius 2 is 1.74 bits per heavy atom. The van der Waals surface area contributed by atoms with Crippen LogP contribution >= 0.6 is 23.8 Å². The van der Waals surface area contributed by atoms with Crippen molar-refractivity contribution in [2.24, 2.45) is 0 Å². The first kappa shape index (κ1) is 17.9. The molecule has 1 aromatic heterocycles. The van der Waals surface area contributed by atoms with Crippen LogP contribution in [-0.2, 0) is 12.8 Å². The van der Waals surface area contributed by atoms with Crippen molar-refractivity contribution in [2.45, 2.75) is 19.8 Å². The maximum Gasteiger partial charge on any atom is 0.140 e. The van der Waals surface area contributed by atoms with Gasteiger partial charge in [0.15, 0.2) is 0 Å². The zero-order valence-electron chi connectivity index (χ0n) is 15.0. The summed E-state index contributed by atoms with van der Waals surface area (Å²) in [5.74, 6) is 0.785. The number of benzene rings is 3. The van der Waals surface area contributed by atoms with E-state index in [0.717, 1.165) is 45.7 Å². The fraction of sp³-hybridized carbons (Fsp3) is 0.130. The first-order valence-corrected chi connectivity index (χ1v) is 9.68. The molecule has 0 aliphatic rings. The Hall–Kier alpha value is -2.49. The predicted octanol–water partition coefficient (Wildman–Crippen LogP) is 6.35. The summed E-state index contributed by atoms with van der Waals surface area (Å²) in [6.45, 7) is 2.10. The van der Waals surface area contributed by atoms with Crippen LogP contribution in [-0.4, -0.2) is 14.8 Å². The number of para-hydroxylation sites is 2. The van der Waals surface area contributed by atoms with Crippen LogP contribution in [0.25, 0.3) is 22.4 Å². The van der Waals surface area contributed by atoms with E-state index in [-0.39, 0.29) is 0 Å². The van der Waals surface area contributed by atoms with Gasteiger partial charge in [0.05, 0.1) is 16.1 Å². The smallest absolute Gasteiger partial charge is 0.140 e. The number of hydrogen-bond acceptors (Lipinski definition) is 2. The standard InChI is InChI=1S/C23H19ClN2S/c1-15-5-4-6-16(11-15)12-18(27)13-17-9-10-20(24)19(14-17)23-25-21-7-2-3-8-22(21)26-23/h2-11,14H,12-13H2,1H3,(H,25,26). The highest BCUT2D eigenvalue weighted by Gasteiger charge is 2.11. The number of imidazole rings is 1. The second kappa shape index (κ2) is 7.63. The lowest BCUT2D eigenvalue weighted by Crippen LogP contribution is -2.04. The molecule has 0 radical (unpaired) electrons. The van der Waals surface area contributed by atoms with Gasteiger partial charge in [0, 0.05) is 23.3 Å². The molecule has 4 rings (SSSR count). The van der Waals surface area contributed by atoms with Gasteiger partial charge in [-0.3, -0.25) is 0 Å². The van der Waals surface area contributed by atoms with Crippen LogP contribution in [0.2, 0.25) is 5.02 Å². The van der Waals surface area contributed by atoms with Gasteiger partial charge in [-0.2, -0.15) is 0 Å². The number of aromatic amines is 1. The molecule has 0 saturated carbocycles. The summed E-state index contributed by atoms with van der Waals surface area (Å²) >= 11 is 12.1. The third kappa shape index (κ3) is 4.10. The Labute approximate surface area is 169 Å². The Morgan fingerprint density at radius 3 is 2.52 bits per heavy atom. The molecule has 27 heavy (non-hydrogen) atoms. The second-order valence-electron chi connectivity index (χ2n) is 6.80. The fourth-order valence-corrected chi connectivity index (χ4v) is 3.82. The molecule has 134 valence electrons. The van der Waals surface area contributed by atoms with Crippen molar-refractivity contribution in [3.05, 3.63) is 88.4 Å². The fourth-order valence-electron chi connectivity index (χ4n) is 3.28. The van der Waals surface area contributed by atoms with E-state index in [9.17, 15) is 0 Å². The largest absolute Gasteiger partial charge is 0.338 e. The molecular formula is C23H19ClN2S. The molecule has 1 N–H and O–H groups in total. The zero-order valence-corrected chi connectivity index (χ0v) is 16.6. The highest BCUT2D eigenvalue weighted by molar-refractivity contribution is 7.80. The molecule has 4 heteroatoms. The van der Waals surface area contributed by atoms with E-state index in [1.54, 1.807) is 0 Å². The number of thiocarbonyl (C=S) groups is 1. The summed E-state index contributed by atoms with van der Waals surface area (Å²) in [6, 6.07) is 22.5. The van der Waals surface area contributed by atoms with Crippen molar-refractivity contribution < 1.29 is 0 Å². The summed E-state index contributed by atoms with van der Waals surface area (Å²) < 4.78 is 0. The first-order valence-electron chi connectivity index (χ1n) is 8.89. The van der Waals surface area contributed by atoms with E-state index >= 15 is 0 Å². The predicted molar refractivity (Wildman–Crippen MR) is 118 cm³/mol. The van der Waals surface area contributed by atoms with Gasteiger partial charge in [-0.25, -0.2) is 4.98 Å². The molecule has 0 unspecified atom stereocenters. The summed E-state index contributed by atoms with van der Waals surface area (Å²) in [5, 5.41) is 0.683. The van der Waals surface area contributed by atoms with E-state index in [1.807, 2.05) is 36.4 Å². The van der Waals surface area contributed by atoms with Crippen molar-refractivity contribution in [2.75, 3.05) is 0 Å². The summed E-state index contributed by atoms with van der Waals surface area (Å²) in [6.07, 6.45) is 1.55. The van der Waals surface area contributed by atoms with Gasteiger partial charge >= 0.3 is 0 Å². The van der Waals surface area contributed by atoms with E-state index in [2.05, 4.69) is 47.2 Å². The van der Waals surface area contributed by atoms with Gasteiger partial charge in [0.1, 0.15) is 5.82 Å². The third-order valence-corrected chi connectivity index (χ3v) is 5.18. The van der Waals surface area contributed by atoms with Crippen LogP contribution in [0.15, 0.2) is 66.7 Å². The van der Waals surface area contributed by atoms with E-state index in [4.69, 9.17) is 23.8 Å². The number of H-pyrrole nitrogens is 1. The molecule has 3 aromatic carbocycles. The van der Waals surface area contributed by atoms with Gasteiger partial charge < -0.3 is 4.98 Å². The quantitative estimate of drug-likeness (QED) is 0.402. The maximum atomic E-state index is 6.45. The molecule has 0 aliphatic heterocycles. The minimum Gasteiger partial charge on any atom is -0.338 e. The molecule has 0 saturated heterocycles.